The Morgan fingerprint density at radius 1 is 0.900 bits per heavy atom. The van der Waals surface area contributed by atoms with Crippen LogP contribution in [0.5, 0.6) is 0 Å². The van der Waals surface area contributed by atoms with E-state index in [0.717, 1.165) is 31.2 Å². The Balaban J connectivity index is 1.73. The van der Waals surface area contributed by atoms with Crippen molar-refractivity contribution in [1.29, 1.82) is 0 Å². The number of piperazine rings is 1. The van der Waals surface area contributed by atoms with Crippen molar-refractivity contribution < 1.29 is 14.0 Å². The van der Waals surface area contributed by atoms with Crippen LogP contribution in [0.3, 0.4) is 0 Å². The van der Waals surface area contributed by atoms with Gasteiger partial charge in [0.1, 0.15) is 18.4 Å². The summed E-state index contributed by atoms with van der Waals surface area (Å²) in [5.41, 5.74) is 1.21. The first-order valence-electron chi connectivity index (χ1n) is 11.0. The summed E-state index contributed by atoms with van der Waals surface area (Å²) in [6.07, 6.45) is 6.30. The number of carbonyl (C=O) groups is 2. The van der Waals surface area contributed by atoms with E-state index >= 15 is 0 Å². The zero-order chi connectivity index (χ0) is 21.1. The fourth-order valence-corrected chi connectivity index (χ4v) is 4.92. The molecule has 0 unspecified atom stereocenters. The van der Waals surface area contributed by atoms with Crippen LogP contribution in [-0.4, -0.2) is 34.2 Å². The van der Waals surface area contributed by atoms with Crippen molar-refractivity contribution in [3.63, 3.8) is 0 Å². The highest BCUT2D eigenvalue weighted by atomic mass is 19.1. The maximum atomic E-state index is 14.8. The highest BCUT2D eigenvalue weighted by Gasteiger charge is 2.45. The molecule has 4 nitrogen and oxygen atoms in total. The number of benzene rings is 2. The molecular weight excluding hydrogens is 379 g/mol. The molecule has 1 aliphatic heterocycles. The second-order valence-corrected chi connectivity index (χ2v) is 8.42. The predicted molar refractivity (Wildman–Crippen MR) is 114 cm³/mol. The highest BCUT2D eigenvalue weighted by molar-refractivity contribution is 5.96. The summed E-state index contributed by atoms with van der Waals surface area (Å²) >= 11 is 0. The zero-order valence-corrected chi connectivity index (χ0v) is 17.5. The molecule has 30 heavy (non-hydrogen) atoms. The van der Waals surface area contributed by atoms with E-state index in [-0.39, 0.29) is 36.0 Å². The fourth-order valence-electron chi connectivity index (χ4n) is 4.92. The summed E-state index contributed by atoms with van der Waals surface area (Å²) < 4.78 is 14.8. The van der Waals surface area contributed by atoms with Crippen LogP contribution in [0.25, 0.3) is 0 Å². The summed E-state index contributed by atoms with van der Waals surface area (Å²) in [6.45, 7) is 1.99. The van der Waals surface area contributed by atoms with Gasteiger partial charge in [-0.1, -0.05) is 74.2 Å². The quantitative estimate of drug-likeness (QED) is 0.667. The lowest BCUT2D eigenvalue weighted by molar-refractivity contribution is -0.161. The molecule has 0 radical (unpaired) electrons. The molecule has 2 aromatic carbocycles. The Morgan fingerprint density at radius 2 is 1.53 bits per heavy atom. The number of hydrogen-bond donors (Lipinski definition) is 0. The molecule has 158 valence electrons. The van der Waals surface area contributed by atoms with E-state index < -0.39 is 11.9 Å². The Labute approximate surface area is 177 Å². The first kappa shape index (κ1) is 20.6. The maximum Gasteiger partial charge on any atom is 0.250 e. The van der Waals surface area contributed by atoms with Crippen molar-refractivity contribution in [3.8, 4) is 0 Å². The van der Waals surface area contributed by atoms with Crippen LogP contribution in [0.2, 0.25) is 0 Å². The number of amides is 2. The molecule has 2 fully saturated rings. The Bertz CT molecular complexity index is 893. The Hall–Kier alpha value is -2.69. The summed E-state index contributed by atoms with van der Waals surface area (Å²) in [5.74, 6) is -0.727. The Morgan fingerprint density at radius 3 is 2.20 bits per heavy atom. The van der Waals surface area contributed by atoms with Crippen LogP contribution in [0.1, 0.15) is 68.7 Å². The van der Waals surface area contributed by atoms with Gasteiger partial charge in [0.15, 0.2) is 0 Å². The topological polar surface area (TPSA) is 40.6 Å². The molecule has 0 aromatic heterocycles. The highest BCUT2D eigenvalue weighted by Crippen LogP contribution is 2.38. The van der Waals surface area contributed by atoms with Gasteiger partial charge in [-0.2, -0.15) is 0 Å². The van der Waals surface area contributed by atoms with E-state index in [9.17, 15) is 14.0 Å². The molecule has 2 aromatic rings. The SMILES string of the molecule is C[C@@H](c1ccccc1)N1C(=O)CN(C2CCCCCC2)C(=O)[C@H]1c1ccccc1F. The van der Waals surface area contributed by atoms with Crippen LogP contribution >= 0.6 is 0 Å². The van der Waals surface area contributed by atoms with Gasteiger partial charge in [0.25, 0.3) is 5.91 Å². The van der Waals surface area contributed by atoms with Gasteiger partial charge in [-0.05, 0) is 31.4 Å². The van der Waals surface area contributed by atoms with Gasteiger partial charge in [-0.15, -0.1) is 0 Å². The van der Waals surface area contributed by atoms with Gasteiger partial charge in [0.2, 0.25) is 5.91 Å². The van der Waals surface area contributed by atoms with Crippen LogP contribution in [0, 0.1) is 5.82 Å². The van der Waals surface area contributed by atoms with Crippen molar-refractivity contribution in [1.82, 2.24) is 9.80 Å². The third-order valence-corrected chi connectivity index (χ3v) is 6.55. The lowest BCUT2D eigenvalue weighted by Crippen LogP contribution is -2.58. The number of carbonyl (C=O) groups excluding carboxylic acids is 2. The first-order valence-corrected chi connectivity index (χ1v) is 11.0. The minimum atomic E-state index is -0.939. The summed E-state index contributed by atoms with van der Waals surface area (Å²) in [4.78, 5) is 30.5. The molecule has 0 N–H and O–H groups in total. The largest absolute Gasteiger partial charge is 0.328 e. The molecule has 0 bridgehead atoms. The molecule has 2 aliphatic rings. The van der Waals surface area contributed by atoms with E-state index in [2.05, 4.69) is 0 Å². The number of hydrogen-bond acceptors (Lipinski definition) is 2. The Kier molecular flexibility index (Phi) is 6.16. The van der Waals surface area contributed by atoms with E-state index in [1.807, 2.05) is 37.3 Å². The second-order valence-electron chi connectivity index (χ2n) is 8.42. The average Bonchev–Trinajstić information content (AvgIpc) is 3.05. The molecule has 0 spiro atoms. The minimum Gasteiger partial charge on any atom is -0.328 e. The standard InChI is InChI=1S/C25H29FN2O2/c1-18(19-11-5-4-6-12-19)28-23(29)17-27(20-13-7-2-3-8-14-20)25(30)24(28)21-15-9-10-16-22(21)26/h4-6,9-12,15-16,18,20,24H,2-3,7-8,13-14,17H2,1H3/t18-,24+/m0/s1. The second kappa shape index (κ2) is 8.99. The molecular formula is C25H29FN2O2. The van der Waals surface area contributed by atoms with E-state index in [4.69, 9.17) is 0 Å². The molecule has 2 atom stereocenters. The normalized spacial score (nSPS) is 22.1. The zero-order valence-electron chi connectivity index (χ0n) is 17.5. The van der Waals surface area contributed by atoms with E-state index in [1.165, 1.54) is 18.9 Å². The summed E-state index contributed by atoms with van der Waals surface area (Å²) in [6, 6.07) is 14.8. The molecule has 1 saturated heterocycles. The van der Waals surface area contributed by atoms with Crippen LogP contribution in [0.4, 0.5) is 4.39 Å². The maximum absolute atomic E-state index is 14.8. The van der Waals surface area contributed by atoms with Gasteiger partial charge in [0, 0.05) is 11.6 Å². The molecule has 1 heterocycles. The van der Waals surface area contributed by atoms with Crippen LogP contribution < -0.4 is 0 Å². The smallest absolute Gasteiger partial charge is 0.250 e. The van der Waals surface area contributed by atoms with Gasteiger partial charge >= 0.3 is 0 Å². The van der Waals surface area contributed by atoms with Gasteiger partial charge in [0.05, 0.1) is 6.04 Å². The molecule has 5 heteroatoms. The van der Waals surface area contributed by atoms with Crippen molar-refractivity contribution in [2.75, 3.05) is 6.54 Å². The van der Waals surface area contributed by atoms with Gasteiger partial charge in [-0.3, -0.25) is 9.59 Å². The van der Waals surface area contributed by atoms with Crippen LogP contribution in [-0.2, 0) is 9.59 Å². The first-order chi connectivity index (χ1) is 14.6. The number of rotatable bonds is 4. The monoisotopic (exact) mass is 408 g/mol. The lowest BCUT2D eigenvalue weighted by Gasteiger charge is -2.46. The fraction of sp³-hybridized carbons (Fsp3) is 0.440. The molecule has 1 aliphatic carbocycles. The number of nitrogens with zero attached hydrogens (tertiary/aromatic N) is 2. The van der Waals surface area contributed by atoms with E-state index in [1.54, 1.807) is 28.0 Å². The molecule has 1 saturated carbocycles. The van der Waals surface area contributed by atoms with Gasteiger partial charge in [-0.25, -0.2) is 4.39 Å². The third kappa shape index (κ3) is 3.98. The van der Waals surface area contributed by atoms with Crippen molar-refractivity contribution in [2.24, 2.45) is 0 Å². The summed E-state index contributed by atoms with van der Waals surface area (Å²) in [5, 5.41) is 0. The van der Waals surface area contributed by atoms with Crippen LogP contribution in [0.15, 0.2) is 54.6 Å². The van der Waals surface area contributed by atoms with Gasteiger partial charge < -0.3 is 9.80 Å². The number of halogens is 1. The predicted octanol–water partition coefficient (Wildman–Crippen LogP) is 5.02. The molecule has 4 rings (SSSR count). The average molecular weight is 409 g/mol. The lowest BCUT2D eigenvalue weighted by atomic mass is 9.94. The third-order valence-electron chi connectivity index (χ3n) is 6.55. The van der Waals surface area contributed by atoms with Crippen molar-refractivity contribution in [2.45, 2.75) is 63.6 Å². The minimum absolute atomic E-state index is 0.0624. The van der Waals surface area contributed by atoms with Crippen molar-refractivity contribution >= 4 is 11.8 Å². The summed E-state index contributed by atoms with van der Waals surface area (Å²) in [7, 11) is 0. The molecule has 2 amide bonds. The van der Waals surface area contributed by atoms with E-state index in [0.29, 0.717) is 0 Å². The van der Waals surface area contributed by atoms with Crippen molar-refractivity contribution in [3.05, 3.63) is 71.5 Å².